The van der Waals surface area contributed by atoms with Crippen molar-refractivity contribution in [1.82, 2.24) is 9.88 Å². The molecule has 114 valence electrons. The van der Waals surface area contributed by atoms with Crippen molar-refractivity contribution in [1.29, 1.82) is 0 Å². The van der Waals surface area contributed by atoms with Crippen molar-refractivity contribution < 1.29 is 4.42 Å². The molecule has 22 heavy (non-hydrogen) atoms. The third-order valence-electron chi connectivity index (χ3n) is 3.61. The van der Waals surface area contributed by atoms with Gasteiger partial charge >= 0.3 is 0 Å². The monoisotopic (exact) mass is 312 g/mol. The quantitative estimate of drug-likeness (QED) is 0.654. The lowest BCUT2D eigenvalue weighted by atomic mass is 10.2. The third kappa shape index (κ3) is 3.64. The van der Waals surface area contributed by atoms with Crippen LogP contribution in [0.25, 0.3) is 10.8 Å². The summed E-state index contributed by atoms with van der Waals surface area (Å²) in [5.74, 6) is 0.716. The number of hydrogen-bond donors (Lipinski definition) is 0. The van der Waals surface area contributed by atoms with Crippen LogP contribution in [0.4, 0.5) is 0 Å². The van der Waals surface area contributed by atoms with Gasteiger partial charge in [0, 0.05) is 19.1 Å². The highest BCUT2D eigenvalue weighted by molar-refractivity contribution is 7.13. The normalized spacial score (nSPS) is 11.5. The Hall–Kier alpha value is -1.91. The molecule has 2 heterocycles. The Morgan fingerprint density at radius 3 is 2.59 bits per heavy atom. The van der Waals surface area contributed by atoms with E-state index in [1.807, 2.05) is 23.6 Å². The highest BCUT2D eigenvalue weighted by Gasteiger charge is 2.14. The fourth-order valence-electron chi connectivity index (χ4n) is 2.34. The molecule has 2 aromatic heterocycles. The second-order valence-electron chi connectivity index (χ2n) is 5.61. The molecule has 3 nitrogen and oxygen atoms in total. The number of rotatable bonds is 6. The van der Waals surface area contributed by atoms with E-state index >= 15 is 0 Å². The van der Waals surface area contributed by atoms with Crippen LogP contribution in [0.2, 0.25) is 0 Å². The predicted molar refractivity (Wildman–Crippen MR) is 90.6 cm³/mol. The van der Waals surface area contributed by atoms with Gasteiger partial charge in [-0.15, -0.1) is 11.3 Å². The van der Waals surface area contributed by atoms with Crippen LogP contribution in [0.1, 0.15) is 25.1 Å². The Labute approximate surface area is 135 Å². The van der Waals surface area contributed by atoms with Gasteiger partial charge in [-0.3, -0.25) is 4.90 Å². The van der Waals surface area contributed by atoms with E-state index in [4.69, 9.17) is 4.42 Å². The summed E-state index contributed by atoms with van der Waals surface area (Å²) in [5.41, 5.74) is 2.30. The van der Waals surface area contributed by atoms with E-state index in [1.54, 1.807) is 17.6 Å². The third-order valence-corrected chi connectivity index (χ3v) is 4.47. The lowest BCUT2D eigenvalue weighted by molar-refractivity contribution is 0.201. The highest BCUT2D eigenvalue weighted by Crippen LogP contribution is 2.24. The minimum absolute atomic E-state index is 0.446. The molecular weight excluding hydrogens is 292 g/mol. The van der Waals surface area contributed by atoms with Gasteiger partial charge in [-0.2, -0.15) is 0 Å². The van der Waals surface area contributed by atoms with Crippen molar-refractivity contribution in [3.05, 3.63) is 65.4 Å². The Morgan fingerprint density at radius 1 is 1.09 bits per heavy atom. The van der Waals surface area contributed by atoms with E-state index in [9.17, 15) is 0 Å². The minimum atomic E-state index is 0.446. The van der Waals surface area contributed by atoms with Crippen molar-refractivity contribution in [3.8, 4) is 10.8 Å². The first-order chi connectivity index (χ1) is 10.7. The summed E-state index contributed by atoms with van der Waals surface area (Å²) < 4.78 is 5.61. The molecule has 0 spiro atoms. The highest BCUT2D eigenvalue weighted by atomic mass is 32.1. The summed E-state index contributed by atoms with van der Waals surface area (Å²) in [6.07, 6.45) is 1.77. The average Bonchev–Trinajstić information content (AvgIpc) is 3.18. The van der Waals surface area contributed by atoms with E-state index < -0.39 is 0 Å². The fourth-order valence-corrected chi connectivity index (χ4v) is 3.00. The molecule has 0 saturated heterocycles. The number of aromatic nitrogens is 1. The lowest BCUT2D eigenvalue weighted by Gasteiger charge is -2.25. The second kappa shape index (κ2) is 6.90. The van der Waals surface area contributed by atoms with Gasteiger partial charge in [0.2, 0.25) is 5.89 Å². The lowest BCUT2D eigenvalue weighted by Crippen LogP contribution is -2.29. The Morgan fingerprint density at radius 2 is 1.91 bits per heavy atom. The zero-order valence-electron chi connectivity index (χ0n) is 12.9. The number of thiophene rings is 1. The Kier molecular flexibility index (Phi) is 4.71. The molecule has 0 aliphatic rings. The smallest absolute Gasteiger partial charge is 0.236 e. The Bertz CT molecular complexity index is 689. The van der Waals surface area contributed by atoms with E-state index in [0.717, 1.165) is 23.7 Å². The Balaban J connectivity index is 1.71. The SMILES string of the molecule is CC(C)N(Cc1ccccc1)Cc1coc(-c2cccs2)n1. The van der Waals surface area contributed by atoms with E-state index in [-0.39, 0.29) is 0 Å². The summed E-state index contributed by atoms with van der Waals surface area (Å²) in [5, 5.41) is 2.04. The fraction of sp³-hybridized carbons (Fsp3) is 0.278. The largest absolute Gasteiger partial charge is 0.444 e. The van der Waals surface area contributed by atoms with Gasteiger partial charge in [0.05, 0.1) is 10.6 Å². The van der Waals surface area contributed by atoms with Crippen LogP contribution in [-0.2, 0) is 13.1 Å². The maximum atomic E-state index is 5.61. The second-order valence-corrected chi connectivity index (χ2v) is 6.55. The van der Waals surface area contributed by atoms with E-state index in [2.05, 4.69) is 48.0 Å². The van der Waals surface area contributed by atoms with Gasteiger partial charge in [0.25, 0.3) is 0 Å². The maximum Gasteiger partial charge on any atom is 0.236 e. The minimum Gasteiger partial charge on any atom is -0.444 e. The summed E-state index contributed by atoms with van der Waals surface area (Å²) in [7, 11) is 0. The zero-order valence-corrected chi connectivity index (χ0v) is 13.7. The summed E-state index contributed by atoms with van der Waals surface area (Å²) in [6, 6.07) is 15.0. The number of benzene rings is 1. The van der Waals surface area contributed by atoms with Gasteiger partial charge in [-0.1, -0.05) is 36.4 Å². The molecule has 0 atom stereocenters. The van der Waals surface area contributed by atoms with Crippen molar-refractivity contribution >= 4 is 11.3 Å². The maximum absolute atomic E-state index is 5.61. The van der Waals surface area contributed by atoms with E-state index in [0.29, 0.717) is 11.9 Å². The van der Waals surface area contributed by atoms with Gasteiger partial charge in [0.15, 0.2) is 0 Å². The standard InChI is InChI=1S/C18H20N2OS/c1-14(2)20(11-15-7-4-3-5-8-15)12-16-13-21-18(19-16)17-9-6-10-22-17/h3-10,13-14H,11-12H2,1-2H3. The zero-order chi connectivity index (χ0) is 15.4. The topological polar surface area (TPSA) is 29.3 Å². The molecule has 1 aromatic carbocycles. The van der Waals surface area contributed by atoms with E-state index in [1.165, 1.54) is 5.56 Å². The van der Waals surface area contributed by atoms with Crippen LogP contribution in [-0.4, -0.2) is 15.9 Å². The molecule has 0 amide bonds. The summed E-state index contributed by atoms with van der Waals surface area (Å²) in [6.45, 7) is 6.13. The molecular formula is C18H20N2OS. The van der Waals surface area contributed by atoms with Crippen LogP contribution < -0.4 is 0 Å². The molecule has 0 radical (unpaired) electrons. The average molecular weight is 312 g/mol. The summed E-state index contributed by atoms with van der Waals surface area (Å²) in [4.78, 5) is 8.09. The van der Waals surface area contributed by atoms with Crippen LogP contribution >= 0.6 is 11.3 Å². The van der Waals surface area contributed by atoms with Crippen LogP contribution in [0.3, 0.4) is 0 Å². The number of hydrogen-bond acceptors (Lipinski definition) is 4. The molecule has 0 saturated carbocycles. The molecule has 0 N–H and O–H groups in total. The van der Waals surface area contributed by atoms with Gasteiger partial charge in [-0.05, 0) is 30.9 Å². The summed E-state index contributed by atoms with van der Waals surface area (Å²) >= 11 is 1.65. The predicted octanol–water partition coefficient (Wildman–Crippen LogP) is 4.81. The van der Waals surface area contributed by atoms with Crippen LogP contribution in [0.15, 0.2) is 58.5 Å². The molecule has 0 fully saturated rings. The van der Waals surface area contributed by atoms with Crippen LogP contribution in [0.5, 0.6) is 0 Å². The molecule has 4 heteroatoms. The van der Waals surface area contributed by atoms with Gasteiger partial charge < -0.3 is 4.42 Å². The molecule has 0 bridgehead atoms. The van der Waals surface area contributed by atoms with Crippen molar-refractivity contribution in [2.45, 2.75) is 33.0 Å². The van der Waals surface area contributed by atoms with Crippen molar-refractivity contribution in [2.24, 2.45) is 0 Å². The van der Waals surface area contributed by atoms with Gasteiger partial charge in [0.1, 0.15) is 6.26 Å². The molecule has 0 aliphatic heterocycles. The molecule has 0 unspecified atom stereocenters. The van der Waals surface area contributed by atoms with Crippen molar-refractivity contribution in [3.63, 3.8) is 0 Å². The first-order valence-electron chi connectivity index (χ1n) is 7.48. The molecule has 3 aromatic rings. The van der Waals surface area contributed by atoms with Crippen molar-refractivity contribution in [2.75, 3.05) is 0 Å². The molecule has 0 aliphatic carbocycles. The van der Waals surface area contributed by atoms with Gasteiger partial charge in [-0.25, -0.2) is 4.98 Å². The van der Waals surface area contributed by atoms with Crippen LogP contribution in [0, 0.1) is 0 Å². The number of oxazole rings is 1. The first-order valence-corrected chi connectivity index (χ1v) is 8.36. The first kappa shape index (κ1) is 15.0. The molecule has 3 rings (SSSR count). The number of nitrogens with zero attached hydrogens (tertiary/aromatic N) is 2.